The third-order valence-corrected chi connectivity index (χ3v) is 4.31. The van der Waals surface area contributed by atoms with Crippen LogP contribution >= 0.6 is 0 Å². The smallest absolute Gasteiger partial charge is 0.232 e. The number of aromatic nitrogens is 2. The summed E-state index contributed by atoms with van der Waals surface area (Å²) in [5.74, 6) is 2.47. The van der Waals surface area contributed by atoms with Crippen molar-refractivity contribution < 1.29 is 35.7 Å². The van der Waals surface area contributed by atoms with Crippen molar-refractivity contribution in [1.29, 1.82) is 0 Å². The molecular formula is C18H21N3O2Sc-2. The molecule has 2 aliphatic rings. The Morgan fingerprint density at radius 3 is 2.33 bits per heavy atom. The second-order valence-electron chi connectivity index (χ2n) is 6.07. The predicted octanol–water partition coefficient (Wildman–Crippen LogP) is 2.55. The van der Waals surface area contributed by atoms with Gasteiger partial charge < -0.3 is 14.7 Å². The van der Waals surface area contributed by atoms with Crippen molar-refractivity contribution in [2.24, 2.45) is 11.8 Å². The summed E-state index contributed by atoms with van der Waals surface area (Å²) in [7, 11) is 4.00. The fourth-order valence-corrected chi connectivity index (χ4v) is 3.33. The zero-order chi connectivity index (χ0) is 16.1. The number of likely N-dealkylation sites (tertiary alicyclic amines) is 1. The van der Waals surface area contributed by atoms with Gasteiger partial charge in [0.2, 0.25) is 5.88 Å². The van der Waals surface area contributed by atoms with Gasteiger partial charge in [0.15, 0.2) is 0 Å². The van der Waals surface area contributed by atoms with Gasteiger partial charge in [0.1, 0.15) is 6.10 Å². The number of hydrogen-bond acceptors (Lipinski definition) is 5. The number of rotatable bonds is 2. The first-order valence-electron chi connectivity index (χ1n) is 7.84. The molecule has 0 amide bonds. The zero-order valence-electron chi connectivity index (χ0n) is 13.6. The number of fused-ring (bicyclic) bond motifs is 1. The van der Waals surface area contributed by atoms with Crippen molar-refractivity contribution in [2.45, 2.75) is 18.9 Å². The van der Waals surface area contributed by atoms with Gasteiger partial charge in [-0.1, -0.05) is 0 Å². The average Bonchev–Trinajstić information content (AvgIpc) is 3.06. The van der Waals surface area contributed by atoms with Gasteiger partial charge in [0, 0.05) is 44.0 Å². The number of ether oxygens (including phenoxy) is 1. The molecule has 1 saturated carbocycles. The molecule has 2 aromatic rings. The summed E-state index contributed by atoms with van der Waals surface area (Å²) < 4.78 is 5.83. The van der Waals surface area contributed by atoms with Crippen LogP contribution < -0.4 is 4.74 Å². The third kappa shape index (κ3) is 5.38. The van der Waals surface area contributed by atoms with Gasteiger partial charge in [-0.15, -0.1) is 12.1 Å². The fraction of sp³-hybridized carbons (Fsp3) is 0.389. The first kappa shape index (κ1) is 19.1. The number of phenols is 1. The van der Waals surface area contributed by atoms with E-state index in [9.17, 15) is 0 Å². The molecule has 125 valence electrons. The van der Waals surface area contributed by atoms with Gasteiger partial charge in [-0.3, -0.25) is 12.0 Å². The summed E-state index contributed by atoms with van der Waals surface area (Å²) in [6, 6.07) is 9.26. The van der Waals surface area contributed by atoms with Gasteiger partial charge >= 0.3 is 0 Å². The van der Waals surface area contributed by atoms with Crippen LogP contribution in [0.3, 0.4) is 0 Å². The molecule has 1 aromatic heterocycles. The molecule has 1 aliphatic carbocycles. The third-order valence-electron chi connectivity index (χ3n) is 4.31. The molecule has 0 spiro atoms. The van der Waals surface area contributed by atoms with E-state index in [4.69, 9.17) is 9.84 Å². The molecule has 1 radical (unpaired) electrons. The van der Waals surface area contributed by atoms with Crippen LogP contribution in [0.15, 0.2) is 42.9 Å². The van der Waals surface area contributed by atoms with E-state index in [2.05, 4.69) is 28.0 Å². The summed E-state index contributed by atoms with van der Waals surface area (Å²) in [5, 5.41) is 8.61. The number of nitrogens with zero attached hydrogens (tertiary/aromatic N) is 3. The van der Waals surface area contributed by atoms with Crippen LogP contribution in [0, 0.1) is 24.9 Å². The van der Waals surface area contributed by atoms with Gasteiger partial charge in [-0.25, -0.2) is 4.98 Å². The molecule has 0 bridgehead atoms. The van der Waals surface area contributed by atoms with E-state index >= 15 is 0 Å². The fourth-order valence-electron chi connectivity index (χ4n) is 3.33. The summed E-state index contributed by atoms with van der Waals surface area (Å²) in [4.78, 5) is 10.3. The Morgan fingerprint density at radius 1 is 1.17 bits per heavy atom. The molecule has 1 aromatic carbocycles. The molecule has 2 fully saturated rings. The predicted molar refractivity (Wildman–Crippen MR) is 86.5 cm³/mol. The number of phenolic OH excluding ortho intramolecular Hbond substituents is 1. The minimum Gasteiger partial charge on any atom is -0.533 e. The van der Waals surface area contributed by atoms with Crippen LogP contribution in [-0.2, 0) is 25.8 Å². The molecule has 1 saturated heterocycles. The minimum absolute atomic E-state index is 0. The Hall–Kier alpha value is -1.27. The number of aromatic hydroxyl groups is 1. The van der Waals surface area contributed by atoms with E-state index in [1.54, 1.807) is 42.9 Å². The van der Waals surface area contributed by atoms with E-state index in [0.29, 0.717) is 17.7 Å². The van der Waals surface area contributed by atoms with Crippen LogP contribution in [0.2, 0.25) is 0 Å². The Kier molecular flexibility index (Phi) is 7.37. The average molecular weight is 356 g/mol. The maximum Gasteiger partial charge on any atom is 0.232 e. The molecular weight excluding hydrogens is 335 g/mol. The van der Waals surface area contributed by atoms with Crippen LogP contribution in [-0.4, -0.2) is 39.2 Å². The summed E-state index contributed by atoms with van der Waals surface area (Å²) in [6.07, 6.45) is 7.60. The maximum atomic E-state index is 8.61. The molecule has 24 heavy (non-hydrogen) atoms. The molecule has 5 nitrogen and oxygen atoms in total. The van der Waals surface area contributed by atoms with Gasteiger partial charge in [-0.05, 0) is 37.8 Å². The van der Waals surface area contributed by atoms with Crippen molar-refractivity contribution in [3.63, 3.8) is 0 Å². The Labute approximate surface area is 161 Å². The van der Waals surface area contributed by atoms with Crippen LogP contribution in [0.25, 0.3) is 0 Å². The van der Waals surface area contributed by atoms with Gasteiger partial charge in [0.25, 0.3) is 0 Å². The normalized spacial score (nSPS) is 25.1. The van der Waals surface area contributed by atoms with Gasteiger partial charge in [0.05, 0.1) is 6.20 Å². The molecule has 1 N–H and O–H groups in total. The molecule has 4 rings (SSSR count). The monoisotopic (exact) mass is 356 g/mol. The Balaban J connectivity index is 0.000000222. The molecule has 6 heteroatoms. The van der Waals surface area contributed by atoms with Crippen LogP contribution in [0.5, 0.6) is 11.6 Å². The first-order chi connectivity index (χ1) is 11.2. The Bertz CT molecular complexity index is 586. The summed E-state index contributed by atoms with van der Waals surface area (Å²) >= 11 is 0. The quantitative estimate of drug-likeness (QED) is 0.838. The molecule has 2 heterocycles. The van der Waals surface area contributed by atoms with E-state index in [1.165, 1.54) is 0 Å². The maximum absolute atomic E-state index is 8.61. The van der Waals surface area contributed by atoms with Crippen molar-refractivity contribution in [3.05, 3.63) is 56.0 Å². The number of benzene rings is 1. The van der Waals surface area contributed by atoms with E-state index in [1.807, 2.05) is 0 Å². The minimum atomic E-state index is 0. The summed E-state index contributed by atoms with van der Waals surface area (Å²) in [6.45, 7) is 2.23. The second-order valence-corrected chi connectivity index (χ2v) is 6.07. The van der Waals surface area contributed by atoms with Gasteiger partial charge in [-0.2, -0.15) is 18.2 Å². The molecule has 1 aliphatic heterocycles. The second kappa shape index (κ2) is 9.28. The SMILES string of the molecule is Oc1cc[c-]cc1.[CH2-]N1C[C@H]2CC(Oc3cnccn3)C[C@H]2C1.[Sc]. The van der Waals surface area contributed by atoms with Crippen molar-refractivity contribution in [2.75, 3.05) is 13.1 Å². The van der Waals surface area contributed by atoms with Crippen LogP contribution in [0.1, 0.15) is 12.8 Å². The van der Waals surface area contributed by atoms with E-state index < -0.39 is 0 Å². The van der Waals surface area contributed by atoms with Crippen molar-refractivity contribution in [3.8, 4) is 11.6 Å². The van der Waals surface area contributed by atoms with Crippen molar-refractivity contribution in [1.82, 2.24) is 14.9 Å². The molecule has 1 unspecified atom stereocenters. The standard InChI is InChI=1S/C12H16N3O.C6H5O.Sc/c1-15-7-9-4-11(5-10(9)8-15)16-12-6-13-2-3-14-12;7-6-4-2-1-3-5-6;/h2-3,6,9-11H,1,4-5,7-8H2;2-5,7H;/q2*-1;/t9-,10+,11?;;. The van der Waals surface area contributed by atoms with Crippen molar-refractivity contribution >= 4 is 0 Å². The largest absolute Gasteiger partial charge is 0.533 e. The molecule has 3 atom stereocenters. The summed E-state index contributed by atoms with van der Waals surface area (Å²) in [5.41, 5.74) is 0. The Morgan fingerprint density at radius 2 is 1.83 bits per heavy atom. The zero-order valence-corrected chi connectivity index (χ0v) is 15.4. The topological polar surface area (TPSA) is 58.5 Å². The van der Waals surface area contributed by atoms with Crippen LogP contribution in [0.4, 0.5) is 0 Å². The van der Waals surface area contributed by atoms with E-state index in [0.717, 1.165) is 37.8 Å². The van der Waals surface area contributed by atoms with E-state index in [-0.39, 0.29) is 25.8 Å². The first-order valence-corrected chi connectivity index (χ1v) is 7.84. The number of hydrogen-bond donors (Lipinski definition) is 1.